The van der Waals surface area contributed by atoms with Gasteiger partial charge in [0.25, 0.3) is 0 Å². The smallest absolute Gasteiger partial charge is 0.0472 e. The number of thioether (sulfide) groups is 1. The van der Waals surface area contributed by atoms with Gasteiger partial charge in [-0.25, -0.2) is 0 Å². The normalized spacial score (nSPS) is 26.6. The van der Waals surface area contributed by atoms with Gasteiger partial charge in [-0.1, -0.05) is 13.8 Å². The van der Waals surface area contributed by atoms with Gasteiger partial charge in [0.2, 0.25) is 0 Å². The molecule has 1 N–H and O–H groups in total. The van der Waals surface area contributed by atoms with Gasteiger partial charge in [-0.2, -0.15) is 11.8 Å². The van der Waals surface area contributed by atoms with Crippen molar-refractivity contribution in [2.45, 2.75) is 39.2 Å². The Balaban J connectivity index is 1.87. The monoisotopic (exact) mass is 300 g/mol. The van der Waals surface area contributed by atoms with E-state index in [1.165, 1.54) is 37.3 Å². The van der Waals surface area contributed by atoms with E-state index in [9.17, 15) is 0 Å². The van der Waals surface area contributed by atoms with Gasteiger partial charge in [-0.15, -0.1) is 0 Å². The largest absolute Gasteiger partial charge is 0.381 e. The SMILES string of the molecule is CC(C)CNCC1(CN(C)C2CCSC2)CCOCC1. The van der Waals surface area contributed by atoms with E-state index in [-0.39, 0.29) is 0 Å². The van der Waals surface area contributed by atoms with Gasteiger partial charge < -0.3 is 15.0 Å². The second-order valence-electron chi connectivity index (χ2n) is 7.07. The van der Waals surface area contributed by atoms with Crippen LogP contribution in [-0.2, 0) is 4.74 Å². The summed E-state index contributed by atoms with van der Waals surface area (Å²) in [6.07, 6.45) is 3.79. The fourth-order valence-corrected chi connectivity index (χ4v) is 4.65. The second kappa shape index (κ2) is 8.02. The maximum Gasteiger partial charge on any atom is 0.0472 e. The van der Waals surface area contributed by atoms with Gasteiger partial charge in [-0.3, -0.25) is 0 Å². The van der Waals surface area contributed by atoms with Gasteiger partial charge in [-0.05, 0) is 49.9 Å². The molecule has 4 heteroatoms. The highest BCUT2D eigenvalue weighted by Crippen LogP contribution is 2.33. The summed E-state index contributed by atoms with van der Waals surface area (Å²) in [5.41, 5.74) is 0.426. The van der Waals surface area contributed by atoms with Crippen molar-refractivity contribution in [1.82, 2.24) is 10.2 Å². The topological polar surface area (TPSA) is 24.5 Å². The van der Waals surface area contributed by atoms with Crippen LogP contribution in [0.3, 0.4) is 0 Å². The molecule has 0 spiro atoms. The number of ether oxygens (including phenoxy) is 1. The molecule has 20 heavy (non-hydrogen) atoms. The minimum Gasteiger partial charge on any atom is -0.381 e. The third kappa shape index (κ3) is 4.90. The molecule has 0 aromatic heterocycles. The van der Waals surface area contributed by atoms with Crippen LogP contribution in [0.15, 0.2) is 0 Å². The molecule has 0 bridgehead atoms. The molecule has 0 aromatic carbocycles. The molecule has 2 aliphatic heterocycles. The van der Waals surface area contributed by atoms with Crippen molar-refractivity contribution in [3.05, 3.63) is 0 Å². The lowest BCUT2D eigenvalue weighted by Gasteiger charge is -2.42. The molecular weight excluding hydrogens is 268 g/mol. The molecule has 2 saturated heterocycles. The minimum atomic E-state index is 0.426. The van der Waals surface area contributed by atoms with E-state index in [1.54, 1.807) is 0 Å². The lowest BCUT2D eigenvalue weighted by molar-refractivity contribution is -0.00538. The summed E-state index contributed by atoms with van der Waals surface area (Å²) in [6.45, 7) is 9.96. The van der Waals surface area contributed by atoms with Crippen LogP contribution in [0.4, 0.5) is 0 Å². The first-order valence-corrected chi connectivity index (χ1v) is 9.33. The standard InChI is InChI=1S/C16H32N2OS/c1-14(2)10-17-12-16(5-7-19-8-6-16)13-18(3)15-4-9-20-11-15/h14-15,17H,4-13H2,1-3H3. The molecule has 1 unspecified atom stereocenters. The molecule has 0 radical (unpaired) electrons. The van der Waals surface area contributed by atoms with Crippen LogP contribution >= 0.6 is 11.8 Å². The highest BCUT2D eigenvalue weighted by molar-refractivity contribution is 7.99. The van der Waals surface area contributed by atoms with Crippen molar-refractivity contribution in [3.63, 3.8) is 0 Å². The quantitative estimate of drug-likeness (QED) is 0.780. The molecule has 0 aromatic rings. The first-order chi connectivity index (χ1) is 9.61. The van der Waals surface area contributed by atoms with E-state index in [4.69, 9.17) is 4.74 Å². The summed E-state index contributed by atoms with van der Waals surface area (Å²) >= 11 is 2.11. The molecule has 3 nitrogen and oxygen atoms in total. The number of hydrogen-bond acceptors (Lipinski definition) is 4. The van der Waals surface area contributed by atoms with Gasteiger partial charge in [0.1, 0.15) is 0 Å². The number of nitrogens with zero attached hydrogens (tertiary/aromatic N) is 1. The highest BCUT2D eigenvalue weighted by Gasteiger charge is 2.35. The summed E-state index contributed by atoms with van der Waals surface area (Å²) in [5, 5.41) is 3.70. The van der Waals surface area contributed by atoms with E-state index in [0.29, 0.717) is 5.41 Å². The van der Waals surface area contributed by atoms with Crippen molar-refractivity contribution in [2.75, 3.05) is 51.4 Å². The Morgan fingerprint density at radius 3 is 2.70 bits per heavy atom. The zero-order valence-electron chi connectivity index (χ0n) is 13.5. The third-order valence-electron chi connectivity index (χ3n) is 4.72. The van der Waals surface area contributed by atoms with E-state index in [0.717, 1.165) is 38.3 Å². The molecule has 1 atom stereocenters. The molecule has 2 heterocycles. The Morgan fingerprint density at radius 1 is 1.35 bits per heavy atom. The van der Waals surface area contributed by atoms with Crippen molar-refractivity contribution in [3.8, 4) is 0 Å². The predicted molar refractivity (Wildman–Crippen MR) is 88.6 cm³/mol. The van der Waals surface area contributed by atoms with Gasteiger partial charge in [0, 0.05) is 38.1 Å². The van der Waals surface area contributed by atoms with Crippen LogP contribution in [0.25, 0.3) is 0 Å². The molecule has 2 rings (SSSR count). The van der Waals surface area contributed by atoms with Crippen molar-refractivity contribution < 1.29 is 4.74 Å². The van der Waals surface area contributed by atoms with Crippen LogP contribution in [0.1, 0.15) is 33.1 Å². The lowest BCUT2D eigenvalue weighted by Crippen LogP contribution is -2.49. The molecule has 0 aliphatic carbocycles. The van der Waals surface area contributed by atoms with Gasteiger partial charge in [0.15, 0.2) is 0 Å². The maximum absolute atomic E-state index is 5.61. The fourth-order valence-electron chi connectivity index (χ4n) is 3.35. The Hall–Kier alpha value is 0.230. The minimum absolute atomic E-state index is 0.426. The fraction of sp³-hybridized carbons (Fsp3) is 1.00. The Morgan fingerprint density at radius 2 is 2.10 bits per heavy atom. The van der Waals surface area contributed by atoms with Crippen LogP contribution in [0.2, 0.25) is 0 Å². The molecular formula is C16H32N2OS. The second-order valence-corrected chi connectivity index (χ2v) is 8.22. The van der Waals surface area contributed by atoms with Crippen molar-refractivity contribution >= 4 is 11.8 Å². The molecule has 0 saturated carbocycles. The van der Waals surface area contributed by atoms with Crippen LogP contribution < -0.4 is 5.32 Å². The maximum atomic E-state index is 5.61. The lowest BCUT2D eigenvalue weighted by atomic mass is 9.79. The van der Waals surface area contributed by atoms with Crippen LogP contribution in [-0.4, -0.2) is 62.3 Å². The van der Waals surface area contributed by atoms with E-state index in [1.807, 2.05) is 0 Å². The summed E-state index contributed by atoms with van der Waals surface area (Å²) in [6, 6.07) is 0.796. The highest BCUT2D eigenvalue weighted by atomic mass is 32.2. The zero-order chi connectivity index (χ0) is 14.4. The van der Waals surface area contributed by atoms with Gasteiger partial charge in [0.05, 0.1) is 0 Å². The summed E-state index contributed by atoms with van der Waals surface area (Å²) in [4.78, 5) is 2.63. The zero-order valence-corrected chi connectivity index (χ0v) is 14.3. The number of nitrogens with one attached hydrogen (secondary N) is 1. The summed E-state index contributed by atoms with van der Waals surface area (Å²) < 4.78 is 5.61. The van der Waals surface area contributed by atoms with E-state index in [2.05, 4.69) is 42.9 Å². The summed E-state index contributed by atoms with van der Waals surface area (Å²) in [7, 11) is 2.33. The number of hydrogen-bond donors (Lipinski definition) is 1. The van der Waals surface area contributed by atoms with Gasteiger partial charge >= 0.3 is 0 Å². The molecule has 0 amide bonds. The first kappa shape index (κ1) is 16.6. The van der Waals surface area contributed by atoms with E-state index < -0.39 is 0 Å². The van der Waals surface area contributed by atoms with Crippen LogP contribution in [0, 0.1) is 11.3 Å². The summed E-state index contributed by atoms with van der Waals surface area (Å²) in [5.74, 6) is 3.40. The Bertz CT molecular complexity index is 274. The Kier molecular flexibility index (Phi) is 6.66. The molecule has 118 valence electrons. The Labute approximate surface area is 129 Å². The van der Waals surface area contributed by atoms with Crippen LogP contribution in [0.5, 0.6) is 0 Å². The average Bonchev–Trinajstić information content (AvgIpc) is 2.93. The number of rotatable bonds is 7. The van der Waals surface area contributed by atoms with Crippen molar-refractivity contribution in [1.29, 1.82) is 0 Å². The third-order valence-corrected chi connectivity index (χ3v) is 5.86. The molecule has 2 fully saturated rings. The predicted octanol–water partition coefficient (Wildman–Crippen LogP) is 2.47. The van der Waals surface area contributed by atoms with Crippen molar-refractivity contribution in [2.24, 2.45) is 11.3 Å². The average molecular weight is 301 g/mol. The molecule has 2 aliphatic rings. The first-order valence-electron chi connectivity index (χ1n) is 8.18. The van der Waals surface area contributed by atoms with E-state index >= 15 is 0 Å².